The van der Waals surface area contributed by atoms with Crippen LogP contribution in [0.4, 0.5) is 0 Å². The molecule has 0 saturated carbocycles. The van der Waals surface area contributed by atoms with E-state index in [1.165, 1.54) is 0 Å². The standard InChI is InChI=1S/C29H44O4Si3/c1-28(2,3)36(10,11)33-22-15-13-21(14-16-22)23-19-29(31,17-12-18-34(4,5)6)20-24-25(23)32-27(30)26(24)35(7,8)9/h13-16,31H,17,19-20H2,1-11H3. The number of carbonyl (C=O) groups is 1. The lowest BCUT2D eigenvalue weighted by Crippen LogP contribution is -2.43. The monoisotopic (exact) mass is 540 g/mol. The number of esters is 1. The molecule has 0 saturated heterocycles. The molecular weight excluding hydrogens is 497 g/mol. The van der Waals surface area contributed by atoms with Gasteiger partial charge in [0.15, 0.2) is 0 Å². The molecule has 36 heavy (non-hydrogen) atoms. The van der Waals surface area contributed by atoms with Gasteiger partial charge in [0.2, 0.25) is 8.32 Å². The van der Waals surface area contributed by atoms with E-state index in [4.69, 9.17) is 9.16 Å². The summed E-state index contributed by atoms with van der Waals surface area (Å²) in [4.78, 5) is 13.0. The second-order valence-electron chi connectivity index (χ2n) is 14.0. The number of benzene rings is 1. The lowest BCUT2D eigenvalue weighted by molar-refractivity contribution is -0.132. The summed E-state index contributed by atoms with van der Waals surface area (Å²) in [6, 6.07) is 8.06. The van der Waals surface area contributed by atoms with Crippen LogP contribution in [0.1, 0.15) is 45.6 Å². The summed E-state index contributed by atoms with van der Waals surface area (Å²) in [5.41, 5.74) is 5.08. The molecule has 1 aliphatic heterocycles. The van der Waals surface area contributed by atoms with Gasteiger partial charge in [-0.3, -0.25) is 0 Å². The first-order valence-electron chi connectivity index (χ1n) is 12.9. The van der Waals surface area contributed by atoms with Crippen molar-refractivity contribution in [1.29, 1.82) is 0 Å². The van der Waals surface area contributed by atoms with Crippen molar-refractivity contribution >= 4 is 36.0 Å². The number of hydrogen-bond acceptors (Lipinski definition) is 4. The highest BCUT2D eigenvalue weighted by molar-refractivity contribution is 6.87. The second-order valence-corrected chi connectivity index (χ2v) is 28.5. The van der Waals surface area contributed by atoms with E-state index in [-0.39, 0.29) is 11.0 Å². The Morgan fingerprint density at radius 2 is 1.53 bits per heavy atom. The van der Waals surface area contributed by atoms with Crippen LogP contribution in [0.25, 0.3) is 5.57 Å². The first-order valence-corrected chi connectivity index (χ1v) is 22.8. The van der Waals surface area contributed by atoms with Crippen LogP contribution in [0.2, 0.25) is 57.4 Å². The van der Waals surface area contributed by atoms with Gasteiger partial charge < -0.3 is 14.3 Å². The fourth-order valence-corrected chi connectivity index (χ4v) is 7.84. The van der Waals surface area contributed by atoms with Gasteiger partial charge >= 0.3 is 5.97 Å². The number of allylic oxidation sites excluding steroid dienone is 1. The average Bonchev–Trinajstić information content (AvgIpc) is 3.01. The van der Waals surface area contributed by atoms with E-state index in [1.807, 2.05) is 24.3 Å². The van der Waals surface area contributed by atoms with E-state index in [1.54, 1.807) is 0 Å². The van der Waals surface area contributed by atoms with Gasteiger partial charge in [-0.1, -0.05) is 72.2 Å². The maximum absolute atomic E-state index is 13.0. The number of fused-ring (bicyclic) bond motifs is 1. The van der Waals surface area contributed by atoms with Gasteiger partial charge in [-0.25, -0.2) is 4.79 Å². The number of hydrogen-bond donors (Lipinski definition) is 1. The zero-order valence-electron chi connectivity index (χ0n) is 24.1. The molecule has 196 valence electrons. The Kier molecular flexibility index (Phi) is 7.55. The third-order valence-corrected chi connectivity index (χ3v) is 14.6. The minimum Gasteiger partial charge on any atom is -0.544 e. The fraction of sp³-hybridized carbons (Fsp3) is 0.552. The van der Waals surface area contributed by atoms with Crippen LogP contribution in [-0.2, 0) is 9.53 Å². The van der Waals surface area contributed by atoms with Crippen LogP contribution in [0, 0.1) is 11.5 Å². The minimum atomic E-state index is -1.99. The van der Waals surface area contributed by atoms with Gasteiger partial charge in [-0.05, 0) is 35.8 Å². The van der Waals surface area contributed by atoms with Crippen molar-refractivity contribution in [3.63, 3.8) is 0 Å². The number of rotatable bonds is 5. The summed E-state index contributed by atoms with van der Waals surface area (Å²) < 4.78 is 12.4. The van der Waals surface area contributed by atoms with Gasteiger partial charge in [0, 0.05) is 35.6 Å². The lowest BCUT2D eigenvalue weighted by atomic mass is 9.77. The van der Waals surface area contributed by atoms with Gasteiger partial charge in [0.1, 0.15) is 19.6 Å². The van der Waals surface area contributed by atoms with Gasteiger partial charge in [0.05, 0.1) is 13.7 Å². The van der Waals surface area contributed by atoms with Crippen LogP contribution in [-0.4, -0.2) is 41.1 Å². The molecule has 0 bridgehead atoms. The smallest absolute Gasteiger partial charge is 0.335 e. The predicted molar refractivity (Wildman–Crippen MR) is 158 cm³/mol. The SMILES string of the molecule is CC(C)(C)[Si](C)(C)Oc1ccc(C2=C3OC(=O)C([Si](C)(C)C)=C3CC(O)(CC#C[Si](C)(C)C)C2)cc1. The first kappa shape index (κ1) is 28.7. The Bertz CT molecular complexity index is 1160. The Labute approximate surface area is 221 Å². The van der Waals surface area contributed by atoms with Crippen LogP contribution in [0.5, 0.6) is 5.75 Å². The quantitative estimate of drug-likeness (QED) is 0.242. The molecule has 1 N–H and O–H groups in total. The first-order chi connectivity index (χ1) is 16.2. The molecule has 0 spiro atoms. The van der Waals surface area contributed by atoms with Crippen molar-refractivity contribution in [2.45, 2.75) is 103 Å². The number of ether oxygens (including phenoxy) is 1. The van der Waals surface area contributed by atoms with Crippen LogP contribution >= 0.6 is 0 Å². The van der Waals surface area contributed by atoms with E-state index in [2.05, 4.69) is 84.6 Å². The third-order valence-electron chi connectivity index (χ3n) is 7.27. The Morgan fingerprint density at radius 1 is 0.972 bits per heavy atom. The molecule has 3 rings (SSSR count). The zero-order chi connectivity index (χ0) is 27.3. The van der Waals surface area contributed by atoms with E-state index < -0.39 is 30.1 Å². The van der Waals surface area contributed by atoms with Crippen LogP contribution in [0.15, 0.2) is 40.8 Å². The van der Waals surface area contributed by atoms with E-state index in [0.717, 1.165) is 27.7 Å². The van der Waals surface area contributed by atoms with Crippen molar-refractivity contribution < 1.29 is 19.1 Å². The topological polar surface area (TPSA) is 55.8 Å². The van der Waals surface area contributed by atoms with Crippen molar-refractivity contribution in [2.24, 2.45) is 0 Å². The number of carbonyl (C=O) groups excluding carboxylic acids is 1. The Balaban J connectivity index is 2.06. The van der Waals surface area contributed by atoms with Crippen LogP contribution in [0.3, 0.4) is 0 Å². The molecular formula is C29H44O4Si3. The summed E-state index contributed by atoms with van der Waals surface area (Å²) in [5, 5.41) is 12.7. The molecule has 1 unspecified atom stereocenters. The summed E-state index contributed by atoms with van der Waals surface area (Å²) in [7, 11) is -5.50. The molecule has 1 aromatic carbocycles. The molecule has 2 aliphatic rings. The molecule has 4 nitrogen and oxygen atoms in total. The molecule has 7 heteroatoms. The molecule has 0 amide bonds. The zero-order valence-corrected chi connectivity index (χ0v) is 27.1. The molecule has 0 aromatic heterocycles. The van der Waals surface area contributed by atoms with Crippen molar-refractivity contribution in [1.82, 2.24) is 0 Å². The van der Waals surface area contributed by atoms with E-state index in [9.17, 15) is 9.90 Å². The van der Waals surface area contributed by atoms with Gasteiger partial charge in [-0.2, -0.15) is 0 Å². The largest absolute Gasteiger partial charge is 0.544 e. The van der Waals surface area contributed by atoms with E-state index in [0.29, 0.717) is 25.0 Å². The molecule has 1 atom stereocenters. The molecule has 0 radical (unpaired) electrons. The molecule has 1 heterocycles. The summed E-state index contributed by atoms with van der Waals surface area (Å²) in [6.07, 6.45) is 1.20. The third kappa shape index (κ3) is 6.34. The average molecular weight is 541 g/mol. The molecule has 1 aromatic rings. The Morgan fingerprint density at radius 3 is 2.03 bits per heavy atom. The normalized spacial score (nSPS) is 21.2. The summed E-state index contributed by atoms with van der Waals surface area (Å²) in [5.74, 6) is 4.55. The fourth-order valence-electron chi connectivity index (χ4n) is 4.42. The van der Waals surface area contributed by atoms with Crippen molar-refractivity contribution in [2.75, 3.05) is 0 Å². The maximum atomic E-state index is 13.0. The highest BCUT2D eigenvalue weighted by Gasteiger charge is 2.46. The Hall–Kier alpha value is -1.86. The highest BCUT2D eigenvalue weighted by atomic mass is 28.4. The highest BCUT2D eigenvalue weighted by Crippen LogP contribution is 2.49. The molecule has 1 aliphatic carbocycles. The molecule has 0 fully saturated rings. The predicted octanol–water partition coefficient (Wildman–Crippen LogP) is 7.31. The second kappa shape index (κ2) is 9.47. The van der Waals surface area contributed by atoms with Gasteiger partial charge in [-0.15, -0.1) is 11.5 Å². The van der Waals surface area contributed by atoms with Crippen molar-refractivity contribution in [3.8, 4) is 17.2 Å². The number of aliphatic hydroxyl groups is 1. The summed E-state index contributed by atoms with van der Waals surface area (Å²) >= 11 is 0. The maximum Gasteiger partial charge on any atom is 0.335 e. The van der Waals surface area contributed by atoms with Crippen molar-refractivity contribution in [3.05, 3.63) is 46.4 Å². The van der Waals surface area contributed by atoms with E-state index >= 15 is 0 Å². The van der Waals surface area contributed by atoms with Gasteiger partial charge in [0.25, 0.3) is 0 Å². The minimum absolute atomic E-state index is 0.109. The lowest BCUT2D eigenvalue weighted by Gasteiger charge is -2.36. The summed E-state index contributed by atoms with van der Waals surface area (Å²) in [6.45, 7) is 24.2. The van der Waals surface area contributed by atoms with Crippen LogP contribution < -0.4 is 4.43 Å².